The lowest BCUT2D eigenvalue weighted by Gasteiger charge is -2.25. The summed E-state index contributed by atoms with van der Waals surface area (Å²) >= 11 is 0. The predicted molar refractivity (Wildman–Crippen MR) is 98.7 cm³/mol. The summed E-state index contributed by atoms with van der Waals surface area (Å²) in [5.74, 6) is 1.78. The van der Waals surface area contributed by atoms with Crippen LogP contribution in [0.1, 0.15) is 51.3 Å². The van der Waals surface area contributed by atoms with Gasteiger partial charge < -0.3 is 5.32 Å². The smallest absolute Gasteiger partial charge is 0.261 e. The Kier molecular flexibility index (Phi) is 4.32. The quantitative estimate of drug-likeness (QED) is 0.911. The molecular weight excluding hydrogens is 314 g/mol. The van der Waals surface area contributed by atoms with Crippen molar-refractivity contribution in [3.8, 4) is 0 Å². The minimum atomic E-state index is 0.0160. The molecule has 1 fully saturated rings. The van der Waals surface area contributed by atoms with E-state index in [9.17, 15) is 9.59 Å². The summed E-state index contributed by atoms with van der Waals surface area (Å²) in [5, 5.41) is 3.61. The number of hydrogen-bond acceptors (Lipinski definition) is 3. The summed E-state index contributed by atoms with van der Waals surface area (Å²) in [7, 11) is 0. The highest BCUT2D eigenvalue weighted by Gasteiger charge is 2.24. The molecule has 5 heteroatoms. The van der Waals surface area contributed by atoms with Gasteiger partial charge in [0.25, 0.3) is 5.56 Å². The molecule has 1 N–H and O–H groups in total. The van der Waals surface area contributed by atoms with Crippen LogP contribution in [0, 0.1) is 11.8 Å². The van der Waals surface area contributed by atoms with Crippen molar-refractivity contribution in [3.05, 3.63) is 34.4 Å². The Bertz CT molecular complexity index is 863. The molecule has 0 saturated heterocycles. The molecule has 5 nitrogen and oxygen atoms in total. The van der Waals surface area contributed by atoms with Crippen LogP contribution in [0.25, 0.3) is 10.9 Å². The maximum atomic E-state index is 12.8. The number of benzene rings is 1. The van der Waals surface area contributed by atoms with Gasteiger partial charge in [-0.25, -0.2) is 4.98 Å². The number of nitrogens with zero attached hydrogens (tertiary/aromatic N) is 2. The van der Waals surface area contributed by atoms with Crippen LogP contribution in [-0.2, 0) is 17.8 Å². The van der Waals surface area contributed by atoms with E-state index in [-0.39, 0.29) is 17.4 Å². The van der Waals surface area contributed by atoms with Crippen LogP contribution < -0.4 is 10.9 Å². The van der Waals surface area contributed by atoms with Gasteiger partial charge in [-0.1, -0.05) is 6.92 Å². The van der Waals surface area contributed by atoms with Gasteiger partial charge in [-0.15, -0.1) is 0 Å². The Morgan fingerprint density at radius 3 is 2.80 bits per heavy atom. The van der Waals surface area contributed by atoms with Crippen LogP contribution in [0.5, 0.6) is 0 Å². The van der Waals surface area contributed by atoms with E-state index in [4.69, 9.17) is 0 Å². The van der Waals surface area contributed by atoms with Crippen LogP contribution >= 0.6 is 0 Å². The molecule has 1 saturated carbocycles. The average molecular weight is 339 g/mol. The molecule has 132 valence electrons. The van der Waals surface area contributed by atoms with E-state index in [0.29, 0.717) is 11.1 Å². The zero-order chi connectivity index (χ0) is 17.4. The molecule has 2 heterocycles. The predicted octanol–water partition coefficient (Wildman–Crippen LogP) is 3.50. The molecule has 1 aliphatic carbocycles. The summed E-state index contributed by atoms with van der Waals surface area (Å²) in [6.07, 6.45) is 7.13. The van der Waals surface area contributed by atoms with Gasteiger partial charge in [-0.3, -0.25) is 14.2 Å². The number of nitrogens with one attached hydrogen (secondary N) is 1. The van der Waals surface area contributed by atoms with Gasteiger partial charge in [-0.05, 0) is 62.6 Å². The van der Waals surface area contributed by atoms with E-state index in [1.165, 1.54) is 0 Å². The molecule has 1 amide bonds. The number of fused-ring (bicyclic) bond motifs is 2. The van der Waals surface area contributed by atoms with E-state index < -0.39 is 0 Å². The van der Waals surface area contributed by atoms with E-state index in [2.05, 4.69) is 17.2 Å². The highest BCUT2D eigenvalue weighted by Crippen LogP contribution is 2.29. The highest BCUT2D eigenvalue weighted by atomic mass is 16.2. The third kappa shape index (κ3) is 3.20. The minimum Gasteiger partial charge on any atom is -0.326 e. The Hall–Kier alpha value is -2.17. The second-order valence-corrected chi connectivity index (χ2v) is 7.62. The first-order chi connectivity index (χ1) is 12.1. The summed E-state index contributed by atoms with van der Waals surface area (Å²) in [4.78, 5) is 29.9. The largest absolute Gasteiger partial charge is 0.326 e. The Morgan fingerprint density at radius 1 is 1.20 bits per heavy atom. The van der Waals surface area contributed by atoms with Crippen molar-refractivity contribution >= 4 is 22.5 Å². The molecule has 4 rings (SSSR count). The third-order valence-electron chi connectivity index (χ3n) is 5.72. The maximum Gasteiger partial charge on any atom is 0.261 e. The normalized spacial score (nSPS) is 23.2. The first-order valence-corrected chi connectivity index (χ1v) is 9.46. The molecule has 2 aromatic rings. The number of aryl methyl sites for hydroxylation is 1. The van der Waals surface area contributed by atoms with Crippen LogP contribution in [0.2, 0.25) is 0 Å². The number of rotatable bonds is 2. The van der Waals surface area contributed by atoms with Crippen LogP contribution in [0.15, 0.2) is 23.0 Å². The van der Waals surface area contributed by atoms with Gasteiger partial charge in [0.15, 0.2) is 0 Å². The van der Waals surface area contributed by atoms with Crippen molar-refractivity contribution in [3.63, 3.8) is 0 Å². The fourth-order valence-electron chi connectivity index (χ4n) is 4.09. The number of carbonyl (C=O) groups is 1. The SMILES string of the molecule is CC1CCC(C(=O)Nc2ccc3nc4n(c(=O)c3c2)CCCC4)CC1. The van der Waals surface area contributed by atoms with Gasteiger partial charge in [0.05, 0.1) is 10.9 Å². The first kappa shape index (κ1) is 16.3. The Labute approximate surface area is 147 Å². The van der Waals surface area contributed by atoms with Crippen LogP contribution in [0.4, 0.5) is 5.69 Å². The summed E-state index contributed by atoms with van der Waals surface area (Å²) < 4.78 is 1.79. The monoisotopic (exact) mass is 339 g/mol. The zero-order valence-electron chi connectivity index (χ0n) is 14.8. The number of aromatic nitrogens is 2. The molecule has 25 heavy (non-hydrogen) atoms. The summed E-state index contributed by atoms with van der Waals surface area (Å²) in [6, 6.07) is 5.50. The van der Waals surface area contributed by atoms with E-state index in [0.717, 1.165) is 68.7 Å². The van der Waals surface area contributed by atoms with E-state index >= 15 is 0 Å². The van der Waals surface area contributed by atoms with Gasteiger partial charge in [-0.2, -0.15) is 0 Å². The number of amides is 1. The minimum absolute atomic E-state index is 0.0160. The molecule has 1 aliphatic heterocycles. The first-order valence-electron chi connectivity index (χ1n) is 9.46. The topological polar surface area (TPSA) is 64.0 Å². The summed E-state index contributed by atoms with van der Waals surface area (Å²) in [6.45, 7) is 2.99. The number of hydrogen-bond donors (Lipinski definition) is 1. The van der Waals surface area contributed by atoms with Crippen molar-refractivity contribution in [1.82, 2.24) is 9.55 Å². The molecule has 0 spiro atoms. The highest BCUT2D eigenvalue weighted by molar-refractivity contribution is 5.94. The fourth-order valence-corrected chi connectivity index (χ4v) is 4.09. The molecular formula is C20H25N3O2. The van der Waals surface area contributed by atoms with Crippen molar-refractivity contribution in [2.45, 2.75) is 58.4 Å². The molecule has 2 aliphatic rings. The third-order valence-corrected chi connectivity index (χ3v) is 5.72. The van der Waals surface area contributed by atoms with Gasteiger partial charge in [0.2, 0.25) is 5.91 Å². The summed E-state index contributed by atoms with van der Waals surface area (Å²) in [5.41, 5.74) is 1.44. The molecule has 0 atom stereocenters. The Morgan fingerprint density at radius 2 is 2.00 bits per heavy atom. The van der Waals surface area contributed by atoms with Crippen LogP contribution in [0.3, 0.4) is 0 Å². The van der Waals surface area contributed by atoms with E-state index in [1.807, 2.05) is 12.1 Å². The standard InChI is InChI=1S/C20H25N3O2/c1-13-5-7-14(8-6-13)19(24)21-15-9-10-17-16(12-15)20(25)23-11-3-2-4-18(23)22-17/h9-10,12-14H,2-8,11H2,1H3,(H,21,24). The number of carbonyl (C=O) groups excluding carboxylic acids is 1. The molecule has 0 radical (unpaired) electrons. The zero-order valence-corrected chi connectivity index (χ0v) is 14.8. The van der Waals surface area contributed by atoms with Gasteiger partial charge in [0.1, 0.15) is 5.82 Å². The number of anilines is 1. The van der Waals surface area contributed by atoms with Crippen molar-refractivity contribution in [2.75, 3.05) is 5.32 Å². The molecule has 1 aromatic carbocycles. The van der Waals surface area contributed by atoms with Crippen molar-refractivity contribution < 1.29 is 4.79 Å². The maximum absolute atomic E-state index is 12.8. The lowest BCUT2D eigenvalue weighted by molar-refractivity contribution is -0.121. The lowest BCUT2D eigenvalue weighted by Crippen LogP contribution is -2.29. The average Bonchev–Trinajstić information content (AvgIpc) is 2.63. The second kappa shape index (κ2) is 6.62. The molecule has 1 aromatic heterocycles. The molecule has 0 bridgehead atoms. The van der Waals surface area contributed by atoms with Crippen molar-refractivity contribution in [1.29, 1.82) is 0 Å². The fraction of sp³-hybridized carbons (Fsp3) is 0.550. The van der Waals surface area contributed by atoms with Crippen LogP contribution in [-0.4, -0.2) is 15.5 Å². The Balaban J connectivity index is 1.59. The van der Waals surface area contributed by atoms with Gasteiger partial charge in [0, 0.05) is 24.6 Å². The second-order valence-electron chi connectivity index (χ2n) is 7.62. The lowest BCUT2D eigenvalue weighted by atomic mass is 9.82. The van der Waals surface area contributed by atoms with Crippen molar-refractivity contribution in [2.24, 2.45) is 11.8 Å². The van der Waals surface area contributed by atoms with Gasteiger partial charge >= 0.3 is 0 Å². The molecule has 0 unspecified atom stereocenters. The van der Waals surface area contributed by atoms with E-state index in [1.54, 1.807) is 10.6 Å².